The maximum Gasteiger partial charge on any atom is 0.176 e. The minimum Gasteiger partial charge on any atom is -0.380 e. The van der Waals surface area contributed by atoms with Crippen molar-refractivity contribution in [3.8, 4) is 0 Å². The Morgan fingerprint density at radius 3 is 1.71 bits per heavy atom. The molecule has 0 bridgehead atoms. The molecule has 126 valence electrons. The van der Waals surface area contributed by atoms with E-state index in [9.17, 15) is 9.59 Å². The highest BCUT2D eigenvalue weighted by Crippen LogP contribution is 2.23. The number of benzene rings is 2. The highest BCUT2D eigenvalue weighted by molar-refractivity contribution is 6.16. The van der Waals surface area contributed by atoms with Crippen molar-refractivity contribution in [2.24, 2.45) is 5.92 Å². The van der Waals surface area contributed by atoms with Crippen LogP contribution in [0.5, 0.6) is 0 Å². The monoisotopic (exact) mass is 324 g/mol. The summed E-state index contributed by atoms with van der Waals surface area (Å²) in [7, 11) is 1.57. The molecule has 0 aromatic heterocycles. The number of ether oxygens (including phenoxy) is 1. The van der Waals surface area contributed by atoms with Gasteiger partial charge in [-0.1, -0.05) is 80.4 Å². The molecule has 0 amide bonds. The molecule has 0 radical (unpaired) electrons. The van der Waals surface area contributed by atoms with Gasteiger partial charge >= 0.3 is 0 Å². The molecule has 24 heavy (non-hydrogen) atoms. The van der Waals surface area contributed by atoms with Crippen LogP contribution in [0.4, 0.5) is 0 Å². The van der Waals surface area contributed by atoms with Gasteiger partial charge in [-0.05, 0) is 6.42 Å². The number of unbranched alkanes of at least 4 members (excludes halogenated alkanes) is 1. The van der Waals surface area contributed by atoms with Crippen molar-refractivity contribution >= 4 is 11.6 Å². The van der Waals surface area contributed by atoms with Gasteiger partial charge in [-0.3, -0.25) is 9.59 Å². The fourth-order valence-corrected chi connectivity index (χ4v) is 2.85. The molecule has 3 nitrogen and oxygen atoms in total. The van der Waals surface area contributed by atoms with Crippen molar-refractivity contribution in [1.82, 2.24) is 0 Å². The van der Waals surface area contributed by atoms with E-state index in [2.05, 4.69) is 6.92 Å². The van der Waals surface area contributed by atoms with Gasteiger partial charge in [0.1, 0.15) is 5.92 Å². The predicted molar refractivity (Wildman–Crippen MR) is 95.4 cm³/mol. The average molecular weight is 324 g/mol. The van der Waals surface area contributed by atoms with E-state index < -0.39 is 12.0 Å². The summed E-state index contributed by atoms with van der Waals surface area (Å²) in [4.78, 5) is 26.0. The fraction of sp³-hybridized carbons (Fsp3) is 0.333. The summed E-state index contributed by atoms with van der Waals surface area (Å²) in [6.07, 6.45) is 2.19. The van der Waals surface area contributed by atoms with Gasteiger partial charge in [0, 0.05) is 18.2 Å². The van der Waals surface area contributed by atoms with Crippen LogP contribution >= 0.6 is 0 Å². The number of Topliss-reactive ketones (excluding diaryl/α,β-unsaturated/α-hetero) is 2. The zero-order valence-electron chi connectivity index (χ0n) is 14.3. The average Bonchev–Trinajstić information content (AvgIpc) is 2.65. The summed E-state index contributed by atoms with van der Waals surface area (Å²) in [5.41, 5.74) is 1.09. The molecule has 1 atom stereocenters. The maximum absolute atomic E-state index is 13.0. The second-order valence-electron chi connectivity index (χ2n) is 5.85. The number of ketones is 2. The number of methoxy groups -OCH3 is 1. The van der Waals surface area contributed by atoms with Crippen LogP contribution in [0.3, 0.4) is 0 Å². The fourth-order valence-electron chi connectivity index (χ4n) is 2.85. The van der Waals surface area contributed by atoms with Gasteiger partial charge in [0.15, 0.2) is 11.6 Å². The maximum atomic E-state index is 13.0. The Bertz CT molecular complexity index is 598. The third-order valence-electron chi connectivity index (χ3n) is 4.20. The van der Waals surface area contributed by atoms with Gasteiger partial charge in [0.25, 0.3) is 0 Å². The lowest BCUT2D eigenvalue weighted by atomic mass is 9.84. The quantitative estimate of drug-likeness (QED) is 0.501. The molecule has 3 heteroatoms. The second-order valence-corrected chi connectivity index (χ2v) is 5.85. The Kier molecular flexibility index (Phi) is 6.89. The third-order valence-corrected chi connectivity index (χ3v) is 4.20. The molecule has 2 aromatic rings. The van der Waals surface area contributed by atoms with Gasteiger partial charge in [0.2, 0.25) is 0 Å². The summed E-state index contributed by atoms with van der Waals surface area (Å²) >= 11 is 0. The van der Waals surface area contributed by atoms with E-state index in [0.29, 0.717) is 17.5 Å². The summed E-state index contributed by atoms with van der Waals surface area (Å²) in [5.74, 6) is -1.16. The molecule has 2 aromatic carbocycles. The first-order valence-corrected chi connectivity index (χ1v) is 8.40. The molecular formula is C21H24O3. The first-order valence-electron chi connectivity index (χ1n) is 8.40. The Morgan fingerprint density at radius 2 is 1.33 bits per heavy atom. The standard InChI is InChI=1S/C21H24O3/c1-3-4-15-18(24-2)19(20(22)16-11-7-5-8-12-16)21(23)17-13-9-6-10-14-17/h5-14,18-19H,3-4,15H2,1-2H3. The first-order chi connectivity index (χ1) is 11.7. The minimum absolute atomic E-state index is 0.174. The van der Waals surface area contributed by atoms with Crippen molar-refractivity contribution < 1.29 is 14.3 Å². The minimum atomic E-state index is -0.814. The SMILES string of the molecule is CCCCC(OC)C(C(=O)c1ccccc1)C(=O)c1ccccc1. The Hall–Kier alpha value is -2.26. The van der Waals surface area contributed by atoms with Crippen molar-refractivity contribution in [3.63, 3.8) is 0 Å². The lowest BCUT2D eigenvalue weighted by molar-refractivity contribution is 0.0359. The molecule has 0 aliphatic rings. The number of hydrogen-bond donors (Lipinski definition) is 0. The van der Waals surface area contributed by atoms with Crippen LogP contribution in [0.25, 0.3) is 0 Å². The van der Waals surface area contributed by atoms with Crippen LogP contribution in [0.15, 0.2) is 60.7 Å². The topological polar surface area (TPSA) is 43.4 Å². The molecule has 0 aliphatic carbocycles. The van der Waals surface area contributed by atoms with Gasteiger partial charge in [-0.15, -0.1) is 0 Å². The van der Waals surface area contributed by atoms with Gasteiger partial charge in [-0.25, -0.2) is 0 Å². The molecule has 0 N–H and O–H groups in total. The summed E-state index contributed by atoms with van der Waals surface area (Å²) < 4.78 is 5.56. The molecule has 0 fully saturated rings. The second kappa shape index (κ2) is 9.14. The zero-order valence-corrected chi connectivity index (χ0v) is 14.3. The molecule has 2 rings (SSSR count). The summed E-state index contributed by atoms with van der Waals surface area (Å²) in [6.45, 7) is 2.08. The van der Waals surface area contributed by atoms with E-state index in [1.54, 1.807) is 31.4 Å². The van der Waals surface area contributed by atoms with E-state index >= 15 is 0 Å². The number of carbonyl (C=O) groups excluding carboxylic acids is 2. The third kappa shape index (κ3) is 4.39. The molecule has 0 saturated heterocycles. The van der Waals surface area contributed by atoms with Crippen LogP contribution in [0.2, 0.25) is 0 Å². The van der Waals surface area contributed by atoms with E-state index in [0.717, 1.165) is 12.8 Å². The van der Waals surface area contributed by atoms with Crippen LogP contribution in [0.1, 0.15) is 46.9 Å². The van der Waals surface area contributed by atoms with E-state index in [4.69, 9.17) is 4.74 Å². The predicted octanol–water partition coefficient (Wildman–Crippen LogP) is 4.57. The van der Waals surface area contributed by atoms with E-state index in [1.165, 1.54) is 0 Å². The van der Waals surface area contributed by atoms with Crippen LogP contribution in [-0.4, -0.2) is 24.8 Å². The van der Waals surface area contributed by atoms with Crippen LogP contribution in [-0.2, 0) is 4.74 Å². The molecule has 0 saturated carbocycles. The zero-order chi connectivity index (χ0) is 17.4. The highest BCUT2D eigenvalue weighted by atomic mass is 16.5. The van der Waals surface area contributed by atoms with Gasteiger partial charge in [0.05, 0.1) is 6.10 Å². The number of rotatable bonds is 9. The van der Waals surface area contributed by atoms with Crippen molar-refractivity contribution in [1.29, 1.82) is 0 Å². The Balaban J connectivity index is 2.37. The van der Waals surface area contributed by atoms with E-state index in [1.807, 2.05) is 36.4 Å². The largest absolute Gasteiger partial charge is 0.380 e. The smallest absolute Gasteiger partial charge is 0.176 e. The normalized spacial score (nSPS) is 12.1. The van der Waals surface area contributed by atoms with Crippen LogP contribution < -0.4 is 0 Å². The number of carbonyl (C=O) groups is 2. The first kappa shape index (κ1) is 18.1. The van der Waals surface area contributed by atoms with Crippen molar-refractivity contribution in [2.75, 3.05) is 7.11 Å². The van der Waals surface area contributed by atoms with E-state index in [-0.39, 0.29) is 11.6 Å². The molecular weight excluding hydrogens is 300 g/mol. The summed E-state index contributed by atoms with van der Waals surface area (Å²) in [5, 5.41) is 0. The molecule has 0 aliphatic heterocycles. The van der Waals surface area contributed by atoms with Gasteiger partial charge < -0.3 is 4.74 Å². The highest BCUT2D eigenvalue weighted by Gasteiger charge is 2.35. The lowest BCUT2D eigenvalue weighted by Crippen LogP contribution is -2.36. The summed E-state index contributed by atoms with van der Waals surface area (Å²) in [6, 6.07) is 18.0. The Morgan fingerprint density at radius 1 is 0.875 bits per heavy atom. The molecule has 0 spiro atoms. The van der Waals surface area contributed by atoms with Crippen molar-refractivity contribution in [2.45, 2.75) is 32.3 Å². The van der Waals surface area contributed by atoms with Crippen molar-refractivity contribution in [3.05, 3.63) is 71.8 Å². The van der Waals surface area contributed by atoms with Crippen LogP contribution in [0, 0.1) is 5.92 Å². The molecule has 0 heterocycles. The Labute approximate surface area is 143 Å². The van der Waals surface area contributed by atoms with Gasteiger partial charge in [-0.2, -0.15) is 0 Å². The molecule has 1 unspecified atom stereocenters. The number of hydrogen-bond acceptors (Lipinski definition) is 3. The lowest BCUT2D eigenvalue weighted by Gasteiger charge is -2.24.